The van der Waals surface area contributed by atoms with Crippen LogP contribution in [0.3, 0.4) is 0 Å². The molecule has 0 aliphatic carbocycles. The van der Waals surface area contributed by atoms with Crippen LogP contribution in [0.25, 0.3) is 11.0 Å². The van der Waals surface area contributed by atoms with Gasteiger partial charge in [-0.15, -0.1) is 0 Å². The summed E-state index contributed by atoms with van der Waals surface area (Å²) in [6, 6.07) is 1.88. The van der Waals surface area contributed by atoms with E-state index < -0.39 is 5.41 Å². The summed E-state index contributed by atoms with van der Waals surface area (Å²) in [7, 11) is 1.85. The first-order valence-electron chi connectivity index (χ1n) is 6.16. The van der Waals surface area contributed by atoms with Crippen LogP contribution in [0.15, 0.2) is 12.3 Å². The number of nitrogens with two attached hydrogens (primary N) is 1. The molecule has 3 N–H and O–H groups in total. The van der Waals surface area contributed by atoms with Gasteiger partial charge < -0.3 is 11.1 Å². The Balaban J connectivity index is 2.32. The van der Waals surface area contributed by atoms with E-state index in [0.717, 1.165) is 16.7 Å². The summed E-state index contributed by atoms with van der Waals surface area (Å²) in [5, 5.41) is 8.08. The summed E-state index contributed by atoms with van der Waals surface area (Å²) < 4.78 is 1.72. The molecule has 0 saturated carbocycles. The SMILES string of the molecule is Cc1nn(C)c2ncc(NC(=O)C(C)(C)CN)cc12. The van der Waals surface area contributed by atoms with Gasteiger partial charge in [0.05, 0.1) is 23.0 Å². The lowest BCUT2D eigenvalue weighted by molar-refractivity contribution is -0.123. The Morgan fingerprint density at radius 1 is 1.53 bits per heavy atom. The summed E-state index contributed by atoms with van der Waals surface area (Å²) >= 11 is 0. The predicted molar refractivity (Wildman–Crippen MR) is 74.7 cm³/mol. The largest absolute Gasteiger partial charge is 0.329 e. The summed E-state index contributed by atoms with van der Waals surface area (Å²) in [6.45, 7) is 5.83. The Hall–Kier alpha value is -1.95. The van der Waals surface area contributed by atoms with Crippen molar-refractivity contribution in [3.8, 4) is 0 Å². The van der Waals surface area contributed by atoms with Gasteiger partial charge in [-0.25, -0.2) is 4.98 Å². The predicted octanol–water partition coefficient (Wildman–Crippen LogP) is 1.20. The van der Waals surface area contributed by atoms with Crippen LogP contribution >= 0.6 is 0 Å². The molecule has 0 radical (unpaired) electrons. The zero-order chi connectivity index (χ0) is 14.2. The lowest BCUT2D eigenvalue weighted by Crippen LogP contribution is -2.37. The lowest BCUT2D eigenvalue weighted by atomic mass is 9.92. The number of nitrogens with one attached hydrogen (secondary N) is 1. The van der Waals surface area contributed by atoms with E-state index in [1.54, 1.807) is 10.9 Å². The number of rotatable bonds is 3. The number of pyridine rings is 1. The number of aromatic nitrogens is 3. The maximum absolute atomic E-state index is 12.1. The normalized spacial score (nSPS) is 11.8. The van der Waals surface area contributed by atoms with Gasteiger partial charge in [0.2, 0.25) is 5.91 Å². The number of nitrogens with zero attached hydrogens (tertiary/aromatic N) is 3. The molecule has 2 rings (SSSR count). The molecular weight excluding hydrogens is 242 g/mol. The van der Waals surface area contributed by atoms with Crippen LogP contribution in [0.1, 0.15) is 19.5 Å². The number of anilines is 1. The standard InChI is InChI=1S/C13H19N5O/c1-8-10-5-9(6-15-11(10)18(4)17-8)16-12(19)13(2,3)7-14/h5-6H,7,14H2,1-4H3,(H,16,19). The monoisotopic (exact) mass is 261 g/mol. The fourth-order valence-electron chi connectivity index (χ4n) is 1.77. The summed E-state index contributed by atoms with van der Waals surface area (Å²) in [4.78, 5) is 16.4. The number of hydrogen-bond acceptors (Lipinski definition) is 4. The summed E-state index contributed by atoms with van der Waals surface area (Å²) in [5.74, 6) is -0.113. The molecule has 6 heteroatoms. The molecule has 0 aliphatic heterocycles. The Morgan fingerprint density at radius 3 is 2.84 bits per heavy atom. The molecule has 0 aromatic carbocycles. The Morgan fingerprint density at radius 2 is 2.21 bits per heavy atom. The van der Waals surface area contributed by atoms with Gasteiger partial charge in [-0.1, -0.05) is 0 Å². The van der Waals surface area contributed by atoms with Crippen LogP contribution in [0, 0.1) is 12.3 Å². The van der Waals surface area contributed by atoms with Gasteiger partial charge in [-0.3, -0.25) is 9.48 Å². The average molecular weight is 261 g/mol. The van der Waals surface area contributed by atoms with Gasteiger partial charge in [-0.05, 0) is 26.8 Å². The van der Waals surface area contributed by atoms with E-state index in [1.807, 2.05) is 33.9 Å². The Kier molecular flexibility index (Phi) is 3.28. The molecular formula is C13H19N5O. The van der Waals surface area contributed by atoms with E-state index in [4.69, 9.17) is 5.73 Å². The smallest absolute Gasteiger partial charge is 0.231 e. The van der Waals surface area contributed by atoms with Crippen molar-refractivity contribution in [2.24, 2.45) is 18.2 Å². The molecule has 2 heterocycles. The number of aryl methyl sites for hydroxylation is 2. The van der Waals surface area contributed by atoms with Crippen molar-refractivity contribution in [1.29, 1.82) is 0 Å². The molecule has 0 fully saturated rings. The van der Waals surface area contributed by atoms with Crippen LogP contribution in [-0.2, 0) is 11.8 Å². The second-order valence-corrected chi connectivity index (χ2v) is 5.35. The molecule has 0 spiro atoms. The molecule has 2 aromatic heterocycles. The highest BCUT2D eigenvalue weighted by Crippen LogP contribution is 2.21. The molecule has 2 aromatic rings. The van der Waals surface area contributed by atoms with Crippen molar-refractivity contribution >= 4 is 22.6 Å². The van der Waals surface area contributed by atoms with Gasteiger partial charge in [0.25, 0.3) is 0 Å². The second-order valence-electron chi connectivity index (χ2n) is 5.35. The zero-order valence-electron chi connectivity index (χ0n) is 11.7. The van der Waals surface area contributed by atoms with Gasteiger partial charge >= 0.3 is 0 Å². The van der Waals surface area contributed by atoms with Crippen molar-refractivity contribution in [3.05, 3.63) is 18.0 Å². The number of carbonyl (C=O) groups is 1. The molecule has 102 valence electrons. The third kappa shape index (κ3) is 2.44. The minimum Gasteiger partial charge on any atom is -0.329 e. The zero-order valence-corrected chi connectivity index (χ0v) is 11.7. The van der Waals surface area contributed by atoms with E-state index in [-0.39, 0.29) is 5.91 Å². The van der Waals surface area contributed by atoms with E-state index >= 15 is 0 Å². The Labute approximate surface area is 112 Å². The highest BCUT2D eigenvalue weighted by Gasteiger charge is 2.25. The molecule has 0 unspecified atom stereocenters. The fourth-order valence-corrected chi connectivity index (χ4v) is 1.77. The van der Waals surface area contributed by atoms with E-state index in [9.17, 15) is 4.79 Å². The highest BCUT2D eigenvalue weighted by atomic mass is 16.2. The third-order valence-electron chi connectivity index (χ3n) is 3.25. The molecule has 19 heavy (non-hydrogen) atoms. The minimum atomic E-state index is -0.598. The first-order valence-corrected chi connectivity index (χ1v) is 6.16. The lowest BCUT2D eigenvalue weighted by Gasteiger charge is -2.21. The fraction of sp³-hybridized carbons (Fsp3) is 0.462. The Bertz CT molecular complexity index is 629. The third-order valence-corrected chi connectivity index (χ3v) is 3.25. The molecule has 0 bridgehead atoms. The number of fused-ring (bicyclic) bond motifs is 1. The first kappa shape index (κ1) is 13.5. The van der Waals surface area contributed by atoms with Gasteiger partial charge in [-0.2, -0.15) is 5.10 Å². The second kappa shape index (κ2) is 4.62. The topological polar surface area (TPSA) is 85.8 Å². The number of amides is 1. The number of carbonyl (C=O) groups excluding carboxylic acids is 1. The minimum absolute atomic E-state index is 0.113. The number of hydrogen-bond donors (Lipinski definition) is 2. The van der Waals surface area contributed by atoms with E-state index in [0.29, 0.717) is 12.2 Å². The molecule has 6 nitrogen and oxygen atoms in total. The van der Waals surface area contributed by atoms with Crippen molar-refractivity contribution < 1.29 is 4.79 Å². The van der Waals surface area contributed by atoms with Crippen molar-refractivity contribution in [3.63, 3.8) is 0 Å². The van der Waals surface area contributed by atoms with E-state index in [1.165, 1.54) is 0 Å². The summed E-state index contributed by atoms with van der Waals surface area (Å²) in [6.07, 6.45) is 1.63. The van der Waals surface area contributed by atoms with Crippen molar-refractivity contribution in [1.82, 2.24) is 14.8 Å². The maximum atomic E-state index is 12.1. The molecule has 0 aliphatic rings. The summed E-state index contributed by atoms with van der Waals surface area (Å²) in [5.41, 5.74) is 7.34. The maximum Gasteiger partial charge on any atom is 0.231 e. The molecule has 0 atom stereocenters. The van der Waals surface area contributed by atoms with Gasteiger partial charge in [0.15, 0.2) is 5.65 Å². The van der Waals surface area contributed by atoms with Crippen LogP contribution < -0.4 is 11.1 Å². The quantitative estimate of drug-likeness (QED) is 0.869. The van der Waals surface area contributed by atoms with Gasteiger partial charge in [0, 0.05) is 19.0 Å². The van der Waals surface area contributed by atoms with Crippen molar-refractivity contribution in [2.75, 3.05) is 11.9 Å². The van der Waals surface area contributed by atoms with E-state index in [2.05, 4.69) is 15.4 Å². The van der Waals surface area contributed by atoms with Crippen LogP contribution in [-0.4, -0.2) is 27.2 Å². The van der Waals surface area contributed by atoms with Gasteiger partial charge in [0.1, 0.15) is 0 Å². The first-order chi connectivity index (χ1) is 8.85. The van der Waals surface area contributed by atoms with Crippen LogP contribution in [0.2, 0.25) is 0 Å². The average Bonchev–Trinajstić information content (AvgIpc) is 2.64. The molecule has 0 saturated heterocycles. The molecule has 1 amide bonds. The van der Waals surface area contributed by atoms with Crippen LogP contribution in [0.5, 0.6) is 0 Å². The van der Waals surface area contributed by atoms with Crippen molar-refractivity contribution in [2.45, 2.75) is 20.8 Å². The van der Waals surface area contributed by atoms with Crippen LogP contribution in [0.4, 0.5) is 5.69 Å². The highest BCUT2D eigenvalue weighted by molar-refractivity contribution is 5.96.